The van der Waals surface area contributed by atoms with Gasteiger partial charge in [-0.25, -0.2) is 0 Å². The second kappa shape index (κ2) is 3.80. The average Bonchev–Trinajstić information content (AvgIpc) is 2.04. The van der Waals surface area contributed by atoms with Gasteiger partial charge in [-0.15, -0.1) is 0 Å². The van der Waals surface area contributed by atoms with E-state index in [0.29, 0.717) is 5.69 Å². The number of nitrogens with zero attached hydrogens (tertiary/aromatic N) is 1. The van der Waals surface area contributed by atoms with E-state index in [-0.39, 0.29) is 6.54 Å². The lowest BCUT2D eigenvalue weighted by molar-refractivity contribution is 0.181. The van der Waals surface area contributed by atoms with E-state index < -0.39 is 6.10 Å². The normalized spacial score (nSPS) is 13.0. The molecule has 0 aliphatic rings. The summed E-state index contributed by atoms with van der Waals surface area (Å²) in [7, 11) is 0. The monoisotopic (exact) mass is 216 g/mol. The first-order chi connectivity index (χ1) is 5.25. The Hall–Kier alpha value is -0.450. The third-order valence-electron chi connectivity index (χ3n) is 1.33. The molecule has 1 atom stereocenters. The highest BCUT2D eigenvalue weighted by atomic mass is 79.9. The number of hydrogen-bond donors (Lipinski definition) is 2. The summed E-state index contributed by atoms with van der Waals surface area (Å²) in [6.45, 7) is 0.190. The van der Waals surface area contributed by atoms with Gasteiger partial charge in [0.1, 0.15) is 6.10 Å². The molecule has 3 nitrogen and oxygen atoms in total. The van der Waals surface area contributed by atoms with Crippen molar-refractivity contribution in [3.05, 3.63) is 28.5 Å². The van der Waals surface area contributed by atoms with Crippen molar-refractivity contribution in [2.24, 2.45) is 5.73 Å². The first kappa shape index (κ1) is 8.64. The van der Waals surface area contributed by atoms with Gasteiger partial charge in [0.15, 0.2) is 0 Å². The summed E-state index contributed by atoms with van der Waals surface area (Å²) < 4.78 is 0.790. The van der Waals surface area contributed by atoms with E-state index in [4.69, 9.17) is 5.73 Å². The molecule has 11 heavy (non-hydrogen) atoms. The average molecular weight is 217 g/mol. The van der Waals surface area contributed by atoms with Gasteiger partial charge in [-0.1, -0.05) is 0 Å². The van der Waals surface area contributed by atoms with Gasteiger partial charge in [-0.2, -0.15) is 0 Å². The number of aromatic nitrogens is 1. The zero-order chi connectivity index (χ0) is 8.27. The minimum absolute atomic E-state index is 0.190. The van der Waals surface area contributed by atoms with Crippen molar-refractivity contribution in [2.45, 2.75) is 6.10 Å². The van der Waals surface area contributed by atoms with E-state index in [2.05, 4.69) is 20.9 Å². The summed E-state index contributed by atoms with van der Waals surface area (Å²) in [6.07, 6.45) is 0.949. The standard InChI is InChI=1S/C7H9BrN2O/c8-5-2-1-3-10-7(5)6(11)4-9/h1-3,6,11H,4,9H2/t6-/m0/s1. The lowest BCUT2D eigenvalue weighted by atomic mass is 10.2. The predicted octanol–water partition coefficient (Wildman–Crippen LogP) is 0.836. The van der Waals surface area contributed by atoms with Gasteiger partial charge in [-0.3, -0.25) is 4.98 Å². The van der Waals surface area contributed by atoms with Crippen LogP contribution in [0.25, 0.3) is 0 Å². The Kier molecular flexibility index (Phi) is 2.99. The number of aliphatic hydroxyl groups is 1. The molecule has 1 rings (SSSR count). The predicted molar refractivity (Wildman–Crippen MR) is 46.0 cm³/mol. The molecule has 0 unspecified atom stereocenters. The Morgan fingerprint density at radius 2 is 2.45 bits per heavy atom. The van der Waals surface area contributed by atoms with E-state index in [1.54, 1.807) is 12.3 Å². The molecular formula is C7H9BrN2O. The highest BCUT2D eigenvalue weighted by Crippen LogP contribution is 2.19. The molecular weight excluding hydrogens is 208 g/mol. The number of nitrogens with two attached hydrogens (primary N) is 1. The third-order valence-corrected chi connectivity index (χ3v) is 2.00. The van der Waals surface area contributed by atoms with Crippen LogP contribution in [0.4, 0.5) is 0 Å². The van der Waals surface area contributed by atoms with Gasteiger partial charge in [-0.05, 0) is 28.1 Å². The number of pyridine rings is 1. The summed E-state index contributed by atoms with van der Waals surface area (Å²) in [5.41, 5.74) is 5.85. The Balaban J connectivity index is 2.93. The van der Waals surface area contributed by atoms with E-state index in [1.165, 1.54) is 0 Å². The van der Waals surface area contributed by atoms with Crippen LogP contribution in [0.3, 0.4) is 0 Å². The van der Waals surface area contributed by atoms with Crippen LogP contribution < -0.4 is 5.73 Å². The Bertz CT molecular complexity index is 242. The first-order valence-corrected chi connectivity index (χ1v) is 4.03. The molecule has 0 fully saturated rings. The Morgan fingerprint density at radius 3 is 3.00 bits per heavy atom. The highest BCUT2D eigenvalue weighted by molar-refractivity contribution is 9.10. The van der Waals surface area contributed by atoms with E-state index >= 15 is 0 Å². The minimum atomic E-state index is -0.675. The maximum atomic E-state index is 9.29. The molecule has 0 amide bonds. The maximum absolute atomic E-state index is 9.29. The fourth-order valence-electron chi connectivity index (χ4n) is 0.755. The smallest absolute Gasteiger partial charge is 0.109 e. The highest BCUT2D eigenvalue weighted by Gasteiger charge is 2.08. The van der Waals surface area contributed by atoms with Crippen LogP contribution in [-0.4, -0.2) is 16.6 Å². The van der Waals surface area contributed by atoms with Gasteiger partial charge in [0.2, 0.25) is 0 Å². The van der Waals surface area contributed by atoms with Gasteiger partial charge in [0.25, 0.3) is 0 Å². The van der Waals surface area contributed by atoms with Crippen LogP contribution in [0, 0.1) is 0 Å². The van der Waals surface area contributed by atoms with E-state index in [1.807, 2.05) is 6.07 Å². The minimum Gasteiger partial charge on any atom is -0.385 e. The lowest BCUT2D eigenvalue weighted by Gasteiger charge is -2.07. The summed E-state index contributed by atoms with van der Waals surface area (Å²) in [6, 6.07) is 3.61. The van der Waals surface area contributed by atoms with Gasteiger partial charge < -0.3 is 10.8 Å². The van der Waals surface area contributed by atoms with Crippen molar-refractivity contribution >= 4 is 15.9 Å². The molecule has 3 N–H and O–H groups in total. The molecule has 0 saturated heterocycles. The largest absolute Gasteiger partial charge is 0.385 e. The van der Waals surface area contributed by atoms with E-state index in [0.717, 1.165) is 4.47 Å². The number of halogens is 1. The Morgan fingerprint density at radius 1 is 1.73 bits per heavy atom. The zero-order valence-corrected chi connectivity index (χ0v) is 7.45. The summed E-state index contributed by atoms with van der Waals surface area (Å²) >= 11 is 3.26. The van der Waals surface area contributed by atoms with Crippen molar-refractivity contribution in [1.29, 1.82) is 0 Å². The van der Waals surface area contributed by atoms with Crippen LogP contribution in [0.2, 0.25) is 0 Å². The van der Waals surface area contributed by atoms with Crippen LogP contribution in [0.15, 0.2) is 22.8 Å². The lowest BCUT2D eigenvalue weighted by Crippen LogP contribution is -2.13. The molecule has 4 heteroatoms. The molecule has 60 valence electrons. The first-order valence-electron chi connectivity index (χ1n) is 3.24. The number of rotatable bonds is 2. The van der Waals surface area contributed by atoms with Crippen molar-refractivity contribution in [3.8, 4) is 0 Å². The molecule has 0 aromatic carbocycles. The molecule has 1 aromatic rings. The molecule has 1 heterocycles. The van der Waals surface area contributed by atoms with Crippen LogP contribution in [0.5, 0.6) is 0 Å². The quantitative estimate of drug-likeness (QED) is 0.771. The zero-order valence-electron chi connectivity index (χ0n) is 5.87. The molecule has 0 spiro atoms. The van der Waals surface area contributed by atoms with Crippen molar-refractivity contribution in [2.75, 3.05) is 6.54 Å². The second-order valence-electron chi connectivity index (χ2n) is 2.12. The van der Waals surface area contributed by atoms with Crippen LogP contribution in [-0.2, 0) is 0 Å². The molecule has 0 bridgehead atoms. The third kappa shape index (κ3) is 1.99. The van der Waals surface area contributed by atoms with Gasteiger partial charge in [0, 0.05) is 17.2 Å². The SMILES string of the molecule is NC[C@H](O)c1ncccc1Br. The number of aliphatic hydroxyl groups excluding tert-OH is 1. The molecule has 0 radical (unpaired) electrons. The maximum Gasteiger partial charge on any atom is 0.109 e. The van der Waals surface area contributed by atoms with Crippen molar-refractivity contribution in [3.63, 3.8) is 0 Å². The molecule has 0 aliphatic heterocycles. The molecule has 0 aliphatic carbocycles. The Labute approximate surface area is 73.4 Å². The topological polar surface area (TPSA) is 59.1 Å². The van der Waals surface area contributed by atoms with Crippen molar-refractivity contribution < 1.29 is 5.11 Å². The molecule has 1 aromatic heterocycles. The summed E-state index contributed by atoms with van der Waals surface area (Å²) in [4.78, 5) is 3.97. The van der Waals surface area contributed by atoms with Gasteiger partial charge >= 0.3 is 0 Å². The summed E-state index contributed by atoms with van der Waals surface area (Å²) in [5.74, 6) is 0. The fraction of sp³-hybridized carbons (Fsp3) is 0.286. The van der Waals surface area contributed by atoms with Crippen molar-refractivity contribution in [1.82, 2.24) is 4.98 Å². The van der Waals surface area contributed by atoms with Crippen LogP contribution >= 0.6 is 15.9 Å². The number of hydrogen-bond acceptors (Lipinski definition) is 3. The van der Waals surface area contributed by atoms with E-state index in [9.17, 15) is 5.11 Å². The van der Waals surface area contributed by atoms with Crippen LogP contribution in [0.1, 0.15) is 11.8 Å². The van der Waals surface area contributed by atoms with Gasteiger partial charge in [0.05, 0.1) is 5.69 Å². The molecule has 0 saturated carbocycles. The summed E-state index contributed by atoms with van der Waals surface area (Å²) in [5, 5.41) is 9.29. The fourth-order valence-corrected chi connectivity index (χ4v) is 1.27. The second-order valence-corrected chi connectivity index (χ2v) is 2.98.